The zero-order valence-electron chi connectivity index (χ0n) is 34.0. The summed E-state index contributed by atoms with van der Waals surface area (Å²) < 4.78 is 66.4. The molecule has 54 heavy (non-hydrogen) atoms. The molecule has 0 N–H and O–H groups in total. The Morgan fingerprint density at radius 1 is 0.259 bits per heavy atom. The van der Waals surface area contributed by atoms with Crippen molar-refractivity contribution < 1.29 is 56.8 Å². The summed E-state index contributed by atoms with van der Waals surface area (Å²) in [7, 11) is 0. The maximum absolute atomic E-state index is 5.66. The number of benzene rings is 1. The lowest BCUT2D eigenvalue weighted by Crippen LogP contribution is -2.15. The summed E-state index contributed by atoms with van der Waals surface area (Å²) in [6, 6.07) is 10.1. The Labute approximate surface area is 328 Å². The molecule has 0 aromatic heterocycles. The van der Waals surface area contributed by atoms with Crippen molar-refractivity contribution in [2.45, 2.75) is 84.2 Å². The van der Waals surface area contributed by atoms with Gasteiger partial charge in [0.05, 0.1) is 152 Å². The third kappa shape index (κ3) is 41.9. The summed E-state index contributed by atoms with van der Waals surface area (Å²) in [5.41, 5.74) is 1.16. The summed E-state index contributed by atoms with van der Waals surface area (Å²) in [5.74, 6) is 0. The lowest BCUT2D eigenvalue weighted by atomic mass is 10.1. The van der Waals surface area contributed by atoms with Gasteiger partial charge in [0.1, 0.15) is 0 Å². The first-order valence-electron chi connectivity index (χ1n) is 20.9. The highest BCUT2D eigenvalue weighted by molar-refractivity contribution is 5.13. The van der Waals surface area contributed by atoms with Gasteiger partial charge >= 0.3 is 0 Å². The average molecular weight is 775 g/mol. The highest BCUT2D eigenvalue weighted by Gasteiger charge is 1.98. The molecule has 0 fully saturated rings. The maximum Gasteiger partial charge on any atom is 0.0718 e. The van der Waals surface area contributed by atoms with Crippen molar-refractivity contribution in [3.05, 3.63) is 35.9 Å². The molecule has 0 radical (unpaired) electrons. The number of hydrogen-bond donors (Lipinski definition) is 0. The molecule has 0 atom stereocenters. The van der Waals surface area contributed by atoms with Crippen LogP contribution < -0.4 is 0 Å². The Morgan fingerprint density at radius 3 is 0.796 bits per heavy atom. The summed E-state index contributed by atoms with van der Waals surface area (Å²) in [6.45, 7) is 15.6. The molecule has 0 aliphatic carbocycles. The molecule has 0 unspecified atom stereocenters. The van der Waals surface area contributed by atoms with Crippen LogP contribution in [0.1, 0.15) is 83.1 Å². The lowest BCUT2D eigenvalue weighted by molar-refractivity contribution is -0.0285. The number of rotatable bonds is 47. The molecule has 0 spiro atoms. The van der Waals surface area contributed by atoms with E-state index in [2.05, 4.69) is 6.92 Å². The second-order valence-corrected chi connectivity index (χ2v) is 12.8. The zero-order chi connectivity index (χ0) is 38.3. The normalized spacial score (nSPS) is 11.6. The zero-order valence-corrected chi connectivity index (χ0v) is 34.0. The summed E-state index contributed by atoms with van der Waals surface area (Å²) in [6.07, 6.45) is 14.9. The Morgan fingerprint density at radius 2 is 0.500 bits per heavy atom. The van der Waals surface area contributed by atoms with Crippen molar-refractivity contribution in [2.75, 3.05) is 152 Å². The predicted molar refractivity (Wildman–Crippen MR) is 212 cm³/mol. The van der Waals surface area contributed by atoms with Gasteiger partial charge in [-0.1, -0.05) is 101 Å². The van der Waals surface area contributed by atoms with Crippen LogP contribution in [0.15, 0.2) is 30.3 Å². The predicted octanol–water partition coefficient (Wildman–Crippen LogP) is 6.70. The Bertz CT molecular complexity index is 807. The van der Waals surface area contributed by atoms with Crippen molar-refractivity contribution in [3.63, 3.8) is 0 Å². The standard InChI is InChI=1S/C42H78O12/c1-2-3-4-5-6-7-8-9-10-11-15-18-43-19-20-44-21-22-45-23-24-46-25-26-47-27-28-48-29-30-49-31-32-50-33-34-51-35-36-52-37-38-53-39-40-54-41-42-16-13-12-14-17-42/h12-14,16-17H,2-11,15,18-41H2,1H3. The van der Waals surface area contributed by atoms with E-state index in [-0.39, 0.29) is 0 Å². The van der Waals surface area contributed by atoms with E-state index >= 15 is 0 Å². The van der Waals surface area contributed by atoms with Gasteiger partial charge in [0.2, 0.25) is 0 Å². The van der Waals surface area contributed by atoms with Crippen LogP contribution in [0.3, 0.4) is 0 Å². The third-order valence-corrected chi connectivity index (χ3v) is 8.10. The van der Waals surface area contributed by atoms with Crippen LogP contribution in [0.25, 0.3) is 0 Å². The van der Waals surface area contributed by atoms with Crippen LogP contribution in [-0.4, -0.2) is 152 Å². The van der Waals surface area contributed by atoms with Crippen molar-refractivity contribution >= 4 is 0 Å². The fraction of sp³-hybridized carbons (Fsp3) is 0.857. The molecular formula is C42H78O12. The van der Waals surface area contributed by atoms with Crippen LogP contribution in [-0.2, 0) is 63.4 Å². The van der Waals surface area contributed by atoms with Gasteiger partial charge in [0.15, 0.2) is 0 Å². The minimum atomic E-state index is 0.517. The first kappa shape index (κ1) is 50.8. The lowest BCUT2D eigenvalue weighted by Gasteiger charge is -2.09. The first-order valence-corrected chi connectivity index (χ1v) is 20.9. The second-order valence-electron chi connectivity index (χ2n) is 12.8. The summed E-state index contributed by atoms with van der Waals surface area (Å²) in [5, 5.41) is 0. The fourth-order valence-electron chi connectivity index (χ4n) is 5.05. The molecule has 0 aliphatic heterocycles. The third-order valence-electron chi connectivity index (χ3n) is 8.10. The SMILES string of the molecule is CCCCCCCCCCCCCOCCOCCOCCOCCOCCOCCOCCOCCOCCOCCOCCOCc1ccccc1. The van der Waals surface area contributed by atoms with E-state index in [4.69, 9.17) is 56.8 Å². The first-order chi connectivity index (χ1) is 26.9. The molecule has 1 rings (SSSR count). The Kier molecular flexibility index (Phi) is 43.4. The number of unbranched alkanes of at least 4 members (excludes halogenated alkanes) is 10. The van der Waals surface area contributed by atoms with Crippen LogP contribution in [0.5, 0.6) is 0 Å². The van der Waals surface area contributed by atoms with Crippen LogP contribution in [0.4, 0.5) is 0 Å². The molecule has 0 saturated carbocycles. The van der Waals surface area contributed by atoms with Gasteiger partial charge < -0.3 is 56.8 Å². The number of ether oxygens (including phenoxy) is 12. The highest BCUT2D eigenvalue weighted by atomic mass is 16.6. The maximum atomic E-state index is 5.66. The van der Waals surface area contributed by atoms with Crippen molar-refractivity contribution in [1.82, 2.24) is 0 Å². The van der Waals surface area contributed by atoms with E-state index < -0.39 is 0 Å². The van der Waals surface area contributed by atoms with Crippen molar-refractivity contribution in [3.8, 4) is 0 Å². The van der Waals surface area contributed by atoms with Gasteiger partial charge in [-0.2, -0.15) is 0 Å². The van der Waals surface area contributed by atoms with E-state index in [9.17, 15) is 0 Å². The minimum absolute atomic E-state index is 0.517. The van der Waals surface area contributed by atoms with Gasteiger partial charge in [-0.3, -0.25) is 0 Å². The molecule has 1 aromatic carbocycles. The van der Waals surface area contributed by atoms with Gasteiger partial charge in [-0.05, 0) is 12.0 Å². The molecule has 0 aliphatic rings. The number of hydrogen-bond acceptors (Lipinski definition) is 12. The van der Waals surface area contributed by atoms with Crippen LogP contribution >= 0.6 is 0 Å². The van der Waals surface area contributed by atoms with E-state index in [1.54, 1.807) is 0 Å². The molecule has 0 heterocycles. The van der Waals surface area contributed by atoms with Crippen LogP contribution in [0.2, 0.25) is 0 Å². The van der Waals surface area contributed by atoms with Gasteiger partial charge in [-0.25, -0.2) is 0 Å². The quantitative estimate of drug-likeness (QED) is 0.0658. The summed E-state index contributed by atoms with van der Waals surface area (Å²) >= 11 is 0. The topological polar surface area (TPSA) is 111 Å². The fourth-order valence-corrected chi connectivity index (χ4v) is 5.05. The largest absolute Gasteiger partial charge is 0.379 e. The second kappa shape index (κ2) is 46.1. The van der Waals surface area contributed by atoms with Crippen LogP contribution in [0, 0.1) is 0 Å². The molecule has 12 heteroatoms. The van der Waals surface area contributed by atoms with Gasteiger partial charge in [-0.15, -0.1) is 0 Å². The van der Waals surface area contributed by atoms with E-state index in [1.807, 2.05) is 30.3 Å². The molecule has 318 valence electrons. The molecule has 1 aromatic rings. The van der Waals surface area contributed by atoms with Gasteiger partial charge in [0, 0.05) is 6.61 Å². The molecule has 0 bridgehead atoms. The molecule has 12 nitrogen and oxygen atoms in total. The minimum Gasteiger partial charge on any atom is -0.379 e. The summed E-state index contributed by atoms with van der Waals surface area (Å²) in [4.78, 5) is 0. The van der Waals surface area contributed by atoms with Crippen molar-refractivity contribution in [2.24, 2.45) is 0 Å². The monoisotopic (exact) mass is 775 g/mol. The Hall–Kier alpha value is -1.26. The molecule has 0 amide bonds. The van der Waals surface area contributed by atoms with Crippen molar-refractivity contribution in [1.29, 1.82) is 0 Å². The highest BCUT2D eigenvalue weighted by Crippen LogP contribution is 2.11. The molecular weight excluding hydrogens is 696 g/mol. The smallest absolute Gasteiger partial charge is 0.0718 e. The Balaban J connectivity index is 1.60. The van der Waals surface area contributed by atoms with E-state index in [0.29, 0.717) is 152 Å². The van der Waals surface area contributed by atoms with E-state index in [0.717, 1.165) is 18.6 Å². The van der Waals surface area contributed by atoms with Gasteiger partial charge in [0.25, 0.3) is 0 Å². The van der Waals surface area contributed by atoms with E-state index in [1.165, 1.54) is 64.2 Å². The molecule has 0 saturated heterocycles. The average Bonchev–Trinajstić information content (AvgIpc) is 3.19.